The highest BCUT2D eigenvalue weighted by Gasteiger charge is 2.12. The number of benzene rings is 3. The van der Waals surface area contributed by atoms with E-state index in [1.165, 1.54) is 11.3 Å². The number of rotatable bonds is 13. The molecular formula is C29H32N4O3S. The standard InChI is InChI=1S/C29H32N4O3S/c1-33(25-8-4-2-5-9-25)29-32-24(21-37-29)18-28(35)31-23-14-12-22(13-15-23)16-17-30-19-26(34)20-36-27-10-6-3-7-11-27/h2-15,21,26,30,34H,16-20H2,1H3,(H,31,35)/t26-/m0/s1. The Morgan fingerprint density at radius 1 is 1.03 bits per heavy atom. The summed E-state index contributed by atoms with van der Waals surface area (Å²) in [6, 6.07) is 27.3. The molecule has 37 heavy (non-hydrogen) atoms. The van der Waals surface area contributed by atoms with E-state index in [-0.39, 0.29) is 18.9 Å². The van der Waals surface area contributed by atoms with Crippen LogP contribution in [-0.2, 0) is 17.6 Å². The van der Waals surface area contributed by atoms with Gasteiger partial charge in [-0.15, -0.1) is 11.3 Å². The van der Waals surface area contributed by atoms with Gasteiger partial charge in [0.05, 0.1) is 12.1 Å². The fraction of sp³-hybridized carbons (Fsp3) is 0.241. The predicted octanol–water partition coefficient (Wildman–Crippen LogP) is 4.66. The highest BCUT2D eigenvalue weighted by molar-refractivity contribution is 7.13. The lowest BCUT2D eigenvalue weighted by molar-refractivity contribution is -0.115. The molecule has 8 heteroatoms. The molecule has 0 saturated heterocycles. The summed E-state index contributed by atoms with van der Waals surface area (Å²) in [4.78, 5) is 19.2. The van der Waals surface area contributed by atoms with Gasteiger partial charge in [-0.25, -0.2) is 4.98 Å². The lowest BCUT2D eigenvalue weighted by Crippen LogP contribution is -2.32. The molecule has 1 heterocycles. The van der Waals surface area contributed by atoms with Crippen LogP contribution in [-0.4, -0.2) is 48.8 Å². The third-order valence-corrected chi connectivity index (χ3v) is 6.67. The zero-order chi connectivity index (χ0) is 25.9. The Morgan fingerprint density at radius 3 is 2.46 bits per heavy atom. The molecule has 192 valence electrons. The van der Waals surface area contributed by atoms with Gasteiger partial charge in [-0.2, -0.15) is 0 Å². The van der Waals surface area contributed by atoms with Crippen molar-refractivity contribution in [3.8, 4) is 5.75 Å². The molecule has 1 atom stereocenters. The number of aliphatic hydroxyl groups is 1. The van der Waals surface area contributed by atoms with E-state index < -0.39 is 6.10 Å². The third kappa shape index (κ3) is 8.42. The van der Waals surface area contributed by atoms with E-state index in [9.17, 15) is 9.90 Å². The van der Waals surface area contributed by atoms with Crippen LogP contribution in [0, 0.1) is 0 Å². The van der Waals surface area contributed by atoms with Gasteiger partial charge in [0, 0.05) is 30.3 Å². The molecule has 0 radical (unpaired) electrons. The monoisotopic (exact) mass is 516 g/mol. The minimum Gasteiger partial charge on any atom is -0.491 e. The number of nitrogens with one attached hydrogen (secondary N) is 2. The van der Waals surface area contributed by atoms with E-state index in [0.29, 0.717) is 6.54 Å². The molecule has 1 aromatic heterocycles. The number of anilines is 3. The summed E-state index contributed by atoms with van der Waals surface area (Å²) in [5, 5.41) is 19.1. The fourth-order valence-corrected chi connectivity index (χ4v) is 4.50. The lowest BCUT2D eigenvalue weighted by Gasteiger charge is -2.15. The van der Waals surface area contributed by atoms with Crippen LogP contribution in [0.1, 0.15) is 11.3 Å². The van der Waals surface area contributed by atoms with Crippen LogP contribution < -0.4 is 20.3 Å². The van der Waals surface area contributed by atoms with Crippen molar-refractivity contribution in [1.82, 2.24) is 10.3 Å². The molecule has 0 spiro atoms. The largest absolute Gasteiger partial charge is 0.491 e. The highest BCUT2D eigenvalue weighted by Crippen LogP contribution is 2.26. The summed E-state index contributed by atoms with van der Waals surface area (Å²) in [7, 11) is 1.97. The molecule has 3 N–H and O–H groups in total. The SMILES string of the molecule is CN(c1ccccc1)c1nc(CC(=O)Nc2ccc(CCNC[C@H](O)COc3ccccc3)cc2)cs1. The topological polar surface area (TPSA) is 86.7 Å². The Bertz CT molecular complexity index is 1230. The van der Waals surface area contributed by atoms with Gasteiger partial charge in [-0.05, 0) is 54.9 Å². The number of amides is 1. The molecule has 0 aliphatic rings. The van der Waals surface area contributed by atoms with E-state index in [2.05, 4.69) is 15.6 Å². The Kier molecular flexibility index (Phi) is 9.65. The lowest BCUT2D eigenvalue weighted by atomic mass is 10.1. The first-order valence-corrected chi connectivity index (χ1v) is 13.1. The van der Waals surface area contributed by atoms with Crippen LogP contribution >= 0.6 is 11.3 Å². The second kappa shape index (κ2) is 13.5. The van der Waals surface area contributed by atoms with Crippen molar-refractivity contribution in [3.05, 3.63) is 102 Å². The van der Waals surface area contributed by atoms with Crippen LogP contribution in [0.3, 0.4) is 0 Å². The quantitative estimate of drug-likeness (QED) is 0.224. The smallest absolute Gasteiger partial charge is 0.230 e. The molecule has 0 fully saturated rings. The normalized spacial score (nSPS) is 11.6. The maximum Gasteiger partial charge on any atom is 0.230 e. The predicted molar refractivity (Wildman–Crippen MR) is 150 cm³/mol. The average molecular weight is 517 g/mol. The van der Waals surface area contributed by atoms with Crippen molar-refractivity contribution >= 4 is 33.8 Å². The summed E-state index contributed by atoms with van der Waals surface area (Å²) in [5.41, 5.74) is 3.70. The number of thiazole rings is 1. The number of hydrogen-bond donors (Lipinski definition) is 3. The first-order valence-electron chi connectivity index (χ1n) is 12.3. The van der Waals surface area contributed by atoms with Crippen LogP contribution in [0.5, 0.6) is 5.75 Å². The second-order valence-corrected chi connectivity index (χ2v) is 9.51. The zero-order valence-electron chi connectivity index (χ0n) is 20.8. The van der Waals surface area contributed by atoms with Gasteiger partial charge in [0.1, 0.15) is 18.5 Å². The van der Waals surface area contributed by atoms with Crippen molar-refractivity contribution in [3.63, 3.8) is 0 Å². The number of carbonyl (C=O) groups excluding carboxylic acids is 1. The zero-order valence-corrected chi connectivity index (χ0v) is 21.7. The molecule has 1 amide bonds. The highest BCUT2D eigenvalue weighted by atomic mass is 32.1. The Balaban J connectivity index is 1.15. The minimum absolute atomic E-state index is 0.0969. The summed E-state index contributed by atoms with van der Waals surface area (Å²) in [5.74, 6) is 0.654. The molecule has 0 bridgehead atoms. The van der Waals surface area contributed by atoms with E-state index in [0.717, 1.165) is 46.5 Å². The number of aliphatic hydroxyl groups excluding tert-OH is 1. The first-order chi connectivity index (χ1) is 18.1. The molecular weight excluding hydrogens is 484 g/mol. The van der Waals surface area contributed by atoms with E-state index >= 15 is 0 Å². The van der Waals surface area contributed by atoms with Crippen molar-refractivity contribution in [2.75, 3.05) is 37.0 Å². The Hall–Kier alpha value is -3.72. The van der Waals surface area contributed by atoms with Crippen molar-refractivity contribution in [2.24, 2.45) is 0 Å². The van der Waals surface area contributed by atoms with Crippen molar-refractivity contribution in [1.29, 1.82) is 0 Å². The maximum atomic E-state index is 12.5. The average Bonchev–Trinajstić information content (AvgIpc) is 3.39. The Labute approximate surface area is 221 Å². The summed E-state index contributed by atoms with van der Waals surface area (Å²) in [6.45, 7) is 1.44. The van der Waals surface area contributed by atoms with Crippen molar-refractivity contribution in [2.45, 2.75) is 18.9 Å². The van der Waals surface area contributed by atoms with Crippen LogP contribution in [0.2, 0.25) is 0 Å². The number of hydrogen-bond acceptors (Lipinski definition) is 7. The molecule has 4 aromatic rings. The minimum atomic E-state index is -0.578. The molecule has 3 aromatic carbocycles. The van der Waals surface area contributed by atoms with Crippen LogP contribution in [0.25, 0.3) is 0 Å². The van der Waals surface area contributed by atoms with Crippen molar-refractivity contribution < 1.29 is 14.6 Å². The number of aromatic nitrogens is 1. The number of ether oxygens (including phenoxy) is 1. The van der Waals surface area contributed by atoms with Gasteiger partial charge in [0.2, 0.25) is 5.91 Å². The number of para-hydroxylation sites is 2. The number of nitrogens with zero attached hydrogens (tertiary/aromatic N) is 2. The summed E-state index contributed by atoms with van der Waals surface area (Å²) < 4.78 is 5.57. The summed E-state index contributed by atoms with van der Waals surface area (Å²) in [6.07, 6.45) is 0.461. The number of carbonyl (C=O) groups is 1. The van der Waals surface area contributed by atoms with Crippen LogP contribution in [0.15, 0.2) is 90.3 Å². The molecule has 4 rings (SSSR count). The van der Waals surface area contributed by atoms with Gasteiger partial charge >= 0.3 is 0 Å². The second-order valence-electron chi connectivity index (χ2n) is 8.67. The van der Waals surface area contributed by atoms with Gasteiger partial charge in [0.15, 0.2) is 5.13 Å². The maximum absolute atomic E-state index is 12.5. The van der Waals surface area contributed by atoms with E-state index in [4.69, 9.17) is 4.74 Å². The van der Waals surface area contributed by atoms with Gasteiger partial charge in [0.25, 0.3) is 0 Å². The summed E-state index contributed by atoms with van der Waals surface area (Å²) >= 11 is 1.52. The molecule has 0 aliphatic heterocycles. The van der Waals surface area contributed by atoms with E-state index in [1.807, 2.05) is 102 Å². The van der Waals surface area contributed by atoms with Gasteiger partial charge < -0.3 is 25.4 Å². The van der Waals surface area contributed by atoms with Crippen LogP contribution in [0.4, 0.5) is 16.5 Å². The molecule has 0 saturated carbocycles. The molecule has 7 nitrogen and oxygen atoms in total. The Morgan fingerprint density at radius 2 is 1.73 bits per heavy atom. The fourth-order valence-electron chi connectivity index (χ4n) is 3.69. The molecule has 0 aliphatic carbocycles. The first kappa shape index (κ1) is 26.3. The van der Waals surface area contributed by atoms with E-state index in [1.54, 1.807) is 0 Å². The van der Waals surface area contributed by atoms with Gasteiger partial charge in [-0.3, -0.25) is 4.79 Å². The molecule has 0 unspecified atom stereocenters. The van der Waals surface area contributed by atoms with Gasteiger partial charge in [-0.1, -0.05) is 48.5 Å². The third-order valence-electron chi connectivity index (χ3n) is 5.71.